The fourth-order valence-corrected chi connectivity index (χ4v) is 1.77. The summed E-state index contributed by atoms with van der Waals surface area (Å²) in [7, 11) is 0. The molecule has 2 aromatic rings. The number of carbonyl (C=O) groups excluding carboxylic acids is 1. The number of hydrogen-bond donors (Lipinski definition) is 2. The molecule has 2 heterocycles. The van der Waals surface area contributed by atoms with Crippen molar-refractivity contribution in [3.63, 3.8) is 0 Å². The number of aromatic nitrogens is 2. The second-order valence-corrected chi connectivity index (χ2v) is 4.59. The molecule has 2 rings (SSSR count). The van der Waals surface area contributed by atoms with Crippen molar-refractivity contribution in [1.82, 2.24) is 15.5 Å². The minimum atomic E-state index is -0.407. The van der Waals surface area contributed by atoms with Gasteiger partial charge in [-0.3, -0.25) is 9.78 Å². The Labute approximate surface area is 127 Å². The lowest BCUT2D eigenvalue weighted by Crippen LogP contribution is -2.14. The van der Waals surface area contributed by atoms with E-state index in [1.165, 1.54) is 18.5 Å². The number of amidine groups is 1. The molecule has 0 radical (unpaired) electrons. The third-order valence-electron chi connectivity index (χ3n) is 2.99. The highest BCUT2D eigenvalue weighted by Crippen LogP contribution is 2.11. The zero-order valence-electron chi connectivity index (χ0n) is 12.4. The van der Waals surface area contributed by atoms with Crippen LogP contribution in [-0.4, -0.2) is 21.9 Å². The van der Waals surface area contributed by atoms with Crippen LogP contribution in [0.25, 0.3) is 0 Å². The van der Waals surface area contributed by atoms with E-state index in [2.05, 4.69) is 20.4 Å². The fraction of sp³-hybridized carbons (Fsp3) is 0.200. The van der Waals surface area contributed by atoms with E-state index in [1.807, 2.05) is 13.8 Å². The minimum absolute atomic E-state index is 0.119. The summed E-state index contributed by atoms with van der Waals surface area (Å²) in [4.78, 5) is 19.4. The van der Waals surface area contributed by atoms with Crippen molar-refractivity contribution < 1.29 is 9.32 Å². The highest BCUT2D eigenvalue weighted by molar-refractivity contribution is 6.06. The molecular weight excluding hydrogens is 282 g/mol. The van der Waals surface area contributed by atoms with Gasteiger partial charge >= 0.3 is 0 Å². The molecule has 0 saturated heterocycles. The minimum Gasteiger partial charge on any atom is -0.386 e. The first kappa shape index (κ1) is 15.4. The Morgan fingerprint density at radius 2 is 2.14 bits per heavy atom. The van der Waals surface area contributed by atoms with Crippen LogP contribution in [0.5, 0.6) is 0 Å². The SMILES string of the molecule is Cc1noc(C)c1CN/C=C\C(N)=NC(=O)c1ccncc1. The Kier molecular flexibility index (Phi) is 5.02. The summed E-state index contributed by atoms with van der Waals surface area (Å²) in [5.74, 6) is 0.483. The van der Waals surface area contributed by atoms with E-state index in [9.17, 15) is 4.79 Å². The standard InChI is InChI=1S/C15H17N5O2/c1-10-13(11(2)22-20-10)9-18-8-5-14(16)19-15(21)12-3-6-17-7-4-12/h3-8,18H,9H2,1-2H3,(H2,16,19,21)/b8-5-. The Hall–Kier alpha value is -2.96. The van der Waals surface area contributed by atoms with Crippen LogP contribution in [0.4, 0.5) is 0 Å². The van der Waals surface area contributed by atoms with Crippen molar-refractivity contribution in [2.24, 2.45) is 10.7 Å². The first-order valence-corrected chi connectivity index (χ1v) is 6.68. The van der Waals surface area contributed by atoms with Crippen LogP contribution in [0.15, 0.2) is 46.3 Å². The smallest absolute Gasteiger partial charge is 0.279 e. The molecule has 114 valence electrons. The third-order valence-corrected chi connectivity index (χ3v) is 2.99. The van der Waals surface area contributed by atoms with E-state index < -0.39 is 5.91 Å². The molecule has 7 heteroatoms. The lowest BCUT2D eigenvalue weighted by atomic mass is 10.2. The molecule has 3 N–H and O–H groups in total. The van der Waals surface area contributed by atoms with Crippen molar-refractivity contribution in [3.05, 3.63) is 59.4 Å². The number of nitrogens with zero attached hydrogens (tertiary/aromatic N) is 3. The number of aryl methyl sites for hydroxylation is 2. The summed E-state index contributed by atoms with van der Waals surface area (Å²) in [5.41, 5.74) is 7.96. The third kappa shape index (κ3) is 4.02. The van der Waals surface area contributed by atoms with E-state index >= 15 is 0 Å². The van der Waals surface area contributed by atoms with Crippen molar-refractivity contribution in [1.29, 1.82) is 0 Å². The van der Waals surface area contributed by atoms with Gasteiger partial charge in [-0.1, -0.05) is 5.16 Å². The monoisotopic (exact) mass is 299 g/mol. The summed E-state index contributed by atoms with van der Waals surface area (Å²) < 4.78 is 5.06. The van der Waals surface area contributed by atoms with Gasteiger partial charge in [0.05, 0.1) is 5.69 Å². The van der Waals surface area contributed by atoms with Crippen LogP contribution < -0.4 is 11.1 Å². The van der Waals surface area contributed by atoms with Gasteiger partial charge in [0.1, 0.15) is 11.6 Å². The number of pyridine rings is 1. The first-order chi connectivity index (χ1) is 10.6. The van der Waals surface area contributed by atoms with Crippen LogP contribution in [0.1, 0.15) is 27.4 Å². The zero-order valence-corrected chi connectivity index (χ0v) is 12.4. The Morgan fingerprint density at radius 1 is 1.41 bits per heavy atom. The van der Waals surface area contributed by atoms with E-state index in [4.69, 9.17) is 10.3 Å². The van der Waals surface area contributed by atoms with Crippen LogP contribution >= 0.6 is 0 Å². The number of hydrogen-bond acceptors (Lipinski definition) is 5. The quantitative estimate of drug-likeness (QED) is 0.640. The molecule has 0 atom stereocenters. The van der Waals surface area contributed by atoms with Gasteiger partial charge in [-0.05, 0) is 32.1 Å². The summed E-state index contributed by atoms with van der Waals surface area (Å²) in [6.45, 7) is 4.29. The van der Waals surface area contributed by atoms with E-state index in [0.29, 0.717) is 12.1 Å². The first-order valence-electron chi connectivity index (χ1n) is 6.68. The van der Waals surface area contributed by atoms with Crippen molar-refractivity contribution in [2.45, 2.75) is 20.4 Å². The normalized spacial score (nSPS) is 11.8. The molecule has 0 aromatic carbocycles. The molecule has 0 unspecified atom stereocenters. The molecule has 2 aromatic heterocycles. The van der Waals surface area contributed by atoms with Gasteiger partial charge in [0.15, 0.2) is 0 Å². The molecule has 0 spiro atoms. The highest BCUT2D eigenvalue weighted by Gasteiger charge is 2.07. The molecule has 0 aliphatic rings. The second kappa shape index (κ2) is 7.16. The molecule has 0 saturated carbocycles. The van der Waals surface area contributed by atoms with Crippen molar-refractivity contribution in [2.75, 3.05) is 0 Å². The molecule has 0 aliphatic heterocycles. The number of nitrogens with two attached hydrogens (primary N) is 1. The van der Waals surface area contributed by atoms with Gasteiger partial charge in [0.25, 0.3) is 5.91 Å². The van der Waals surface area contributed by atoms with Gasteiger partial charge < -0.3 is 15.6 Å². The maximum Gasteiger partial charge on any atom is 0.279 e. The highest BCUT2D eigenvalue weighted by atomic mass is 16.5. The number of amides is 1. The number of rotatable bonds is 5. The van der Waals surface area contributed by atoms with Gasteiger partial charge in [-0.15, -0.1) is 0 Å². The average molecular weight is 299 g/mol. The Bertz CT molecular complexity index is 684. The topological polar surface area (TPSA) is 106 Å². The maximum absolute atomic E-state index is 11.8. The Morgan fingerprint density at radius 3 is 2.77 bits per heavy atom. The molecule has 0 bridgehead atoms. The van der Waals surface area contributed by atoms with E-state index in [1.54, 1.807) is 18.3 Å². The Balaban J connectivity index is 1.90. The molecule has 7 nitrogen and oxygen atoms in total. The predicted molar refractivity (Wildman–Crippen MR) is 82.1 cm³/mol. The van der Waals surface area contributed by atoms with E-state index in [0.717, 1.165) is 17.0 Å². The molecular formula is C15H17N5O2. The van der Waals surface area contributed by atoms with Crippen LogP contribution in [-0.2, 0) is 6.54 Å². The predicted octanol–water partition coefficient (Wildman–Crippen LogP) is 1.49. The van der Waals surface area contributed by atoms with Crippen molar-refractivity contribution >= 4 is 11.7 Å². The molecule has 22 heavy (non-hydrogen) atoms. The number of nitrogens with one attached hydrogen (secondary N) is 1. The summed E-state index contributed by atoms with van der Waals surface area (Å²) >= 11 is 0. The van der Waals surface area contributed by atoms with Gasteiger partial charge in [-0.2, -0.15) is 4.99 Å². The van der Waals surface area contributed by atoms with Crippen molar-refractivity contribution in [3.8, 4) is 0 Å². The molecule has 0 aliphatic carbocycles. The van der Waals surface area contributed by atoms with Gasteiger partial charge in [-0.25, -0.2) is 0 Å². The molecule has 1 amide bonds. The lowest BCUT2D eigenvalue weighted by Gasteiger charge is -2.00. The summed E-state index contributed by atoms with van der Waals surface area (Å²) in [5, 5.41) is 6.92. The van der Waals surface area contributed by atoms with Crippen LogP contribution in [0, 0.1) is 13.8 Å². The largest absolute Gasteiger partial charge is 0.386 e. The lowest BCUT2D eigenvalue weighted by molar-refractivity contribution is 0.100. The van der Waals surface area contributed by atoms with Gasteiger partial charge in [0, 0.05) is 36.3 Å². The summed E-state index contributed by atoms with van der Waals surface area (Å²) in [6, 6.07) is 3.16. The van der Waals surface area contributed by atoms with Crippen LogP contribution in [0.2, 0.25) is 0 Å². The number of carbonyl (C=O) groups is 1. The van der Waals surface area contributed by atoms with E-state index in [-0.39, 0.29) is 5.84 Å². The fourth-order valence-electron chi connectivity index (χ4n) is 1.77. The second-order valence-electron chi connectivity index (χ2n) is 4.59. The summed E-state index contributed by atoms with van der Waals surface area (Å²) in [6.07, 6.45) is 6.21. The van der Waals surface area contributed by atoms with Crippen LogP contribution in [0.3, 0.4) is 0 Å². The number of aliphatic imine (C=N–C) groups is 1. The zero-order chi connectivity index (χ0) is 15.9. The van der Waals surface area contributed by atoms with Gasteiger partial charge in [0.2, 0.25) is 0 Å². The maximum atomic E-state index is 11.8. The molecule has 0 fully saturated rings. The average Bonchev–Trinajstić information content (AvgIpc) is 2.83.